The van der Waals surface area contributed by atoms with Crippen LogP contribution in [0, 0.1) is 11.8 Å². The van der Waals surface area contributed by atoms with Gasteiger partial charge in [0, 0.05) is 16.5 Å². The fourth-order valence-electron chi connectivity index (χ4n) is 4.20. The second-order valence-electron chi connectivity index (χ2n) is 9.53. The van der Waals surface area contributed by atoms with E-state index in [1.807, 2.05) is 0 Å². The van der Waals surface area contributed by atoms with Gasteiger partial charge in [0.05, 0.1) is 5.69 Å². The van der Waals surface area contributed by atoms with Crippen LogP contribution in [-0.4, -0.2) is 9.97 Å². The molecule has 0 saturated heterocycles. The number of aromatic nitrogens is 2. The van der Waals surface area contributed by atoms with Gasteiger partial charge in [0.25, 0.3) is 0 Å². The van der Waals surface area contributed by atoms with Gasteiger partial charge in [-0.3, -0.25) is 0 Å². The SMILES string of the molecule is CC(C)(C)c1nc2c(c(C(C)(C)C)n1)CC1CCCCC1C2. The van der Waals surface area contributed by atoms with E-state index < -0.39 is 0 Å². The second-order valence-corrected chi connectivity index (χ2v) is 9.53. The van der Waals surface area contributed by atoms with E-state index in [0.29, 0.717) is 0 Å². The summed E-state index contributed by atoms with van der Waals surface area (Å²) >= 11 is 0. The number of nitrogens with zero attached hydrogens (tertiary/aromatic N) is 2. The summed E-state index contributed by atoms with van der Waals surface area (Å²) in [6.07, 6.45) is 8.06. The van der Waals surface area contributed by atoms with Gasteiger partial charge in [0.2, 0.25) is 0 Å². The molecule has 1 heterocycles. The quantitative estimate of drug-likeness (QED) is 0.675. The van der Waals surface area contributed by atoms with Crippen LogP contribution in [0.4, 0.5) is 0 Å². The molecule has 0 bridgehead atoms. The van der Waals surface area contributed by atoms with E-state index in [2.05, 4.69) is 41.5 Å². The summed E-state index contributed by atoms with van der Waals surface area (Å²) in [7, 11) is 0. The first-order chi connectivity index (χ1) is 10.2. The van der Waals surface area contributed by atoms with E-state index in [1.165, 1.54) is 55.5 Å². The first kappa shape index (κ1) is 16.0. The molecule has 1 aromatic rings. The van der Waals surface area contributed by atoms with Crippen molar-refractivity contribution in [2.24, 2.45) is 11.8 Å². The van der Waals surface area contributed by atoms with Crippen LogP contribution >= 0.6 is 0 Å². The van der Waals surface area contributed by atoms with Crippen LogP contribution in [0.25, 0.3) is 0 Å². The van der Waals surface area contributed by atoms with Crippen LogP contribution in [-0.2, 0) is 23.7 Å². The van der Waals surface area contributed by atoms with Gasteiger partial charge < -0.3 is 0 Å². The lowest BCUT2D eigenvalue weighted by atomic mass is 9.68. The monoisotopic (exact) mass is 300 g/mol. The van der Waals surface area contributed by atoms with E-state index >= 15 is 0 Å². The standard InChI is InChI=1S/C20H32N2/c1-19(2,3)17-15-11-13-9-7-8-10-14(13)12-16(15)21-18(22-17)20(4,5)6/h13-14H,7-12H2,1-6H3. The van der Waals surface area contributed by atoms with Crippen LogP contribution in [0.3, 0.4) is 0 Å². The first-order valence-corrected chi connectivity index (χ1v) is 9.07. The number of rotatable bonds is 0. The normalized spacial score (nSPS) is 25.5. The predicted octanol–water partition coefficient (Wildman–Crippen LogP) is 4.98. The van der Waals surface area contributed by atoms with Crippen molar-refractivity contribution >= 4 is 0 Å². The molecule has 0 amide bonds. The van der Waals surface area contributed by atoms with Crippen molar-refractivity contribution in [3.8, 4) is 0 Å². The highest BCUT2D eigenvalue weighted by Gasteiger charge is 2.36. The zero-order valence-electron chi connectivity index (χ0n) is 15.3. The molecule has 122 valence electrons. The molecule has 0 N–H and O–H groups in total. The van der Waals surface area contributed by atoms with Crippen molar-refractivity contribution in [2.75, 3.05) is 0 Å². The van der Waals surface area contributed by atoms with Gasteiger partial charge in [-0.15, -0.1) is 0 Å². The van der Waals surface area contributed by atoms with E-state index in [-0.39, 0.29) is 10.8 Å². The number of fused-ring (bicyclic) bond motifs is 2. The molecule has 3 rings (SSSR count). The van der Waals surface area contributed by atoms with Crippen molar-refractivity contribution in [2.45, 2.75) is 90.9 Å². The Morgan fingerprint density at radius 2 is 1.36 bits per heavy atom. The maximum absolute atomic E-state index is 5.06. The molecule has 2 heteroatoms. The molecule has 22 heavy (non-hydrogen) atoms. The Morgan fingerprint density at radius 1 is 0.773 bits per heavy atom. The molecule has 1 aromatic heterocycles. The molecule has 1 saturated carbocycles. The average molecular weight is 300 g/mol. The largest absolute Gasteiger partial charge is 0.237 e. The van der Waals surface area contributed by atoms with Gasteiger partial charge in [0.15, 0.2) is 0 Å². The number of hydrogen-bond donors (Lipinski definition) is 0. The average Bonchev–Trinajstić information content (AvgIpc) is 2.41. The van der Waals surface area contributed by atoms with Gasteiger partial charge in [-0.05, 0) is 43.1 Å². The lowest BCUT2D eigenvalue weighted by Crippen LogP contribution is -2.34. The van der Waals surface area contributed by atoms with Gasteiger partial charge in [-0.25, -0.2) is 9.97 Å². The molecule has 0 aliphatic heterocycles. The summed E-state index contributed by atoms with van der Waals surface area (Å²) in [6.45, 7) is 13.6. The summed E-state index contributed by atoms with van der Waals surface area (Å²) in [5.74, 6) is 2.79. The molecular weight excluding hydrogens is 268 g/mol. The van der Waals surface area contributed by atoms with Crippen molar-refractivity contribution in [1.82, 2.24) is 9.97 Å². The fourth-order valence-corrected chi connectivity index (χ4v) is 4.20. The van der Waals surface area contributed by atoms with Gasteiger partial charge >= 0.3 is 0 Å². The highest BCUT2D eigenvalue weighted by molar-refractivity contribution is 5.35. The fraction of sp³-hybridized carbons (Fsp3) is 0.800. The molecule has 2 aliphatic rings. The molecule has 0 aromatic carbocycles. The highest BCUT2D eigenvalue weighted by atomic mass is 14.9. The van der Waals surface area contributed by atoms with Crippen molar-refractivity contribution in [1.29, 1.82) is 0 Å². The smallest absolute Gasteiger partial charge is 0.134 e. The molecule has 1 fully saturated rings. The minimum absolute atomic E-state index is 0.0262. The molecule has 2 nitrogen and oxygen atoms in total. The summed E-state index contributed by atoms with van der Waals surface area (Å²) in [5.41, 5.74) is 4.30. The summed E-state index contributed by atoms with van der Waals surface area (Å²) in [4.78, 5) is 10.1. The summed E-state index contributed by atoms with van der Waals surface area (Å²) in [6, 6.07) is 0. The lowest BCUT2D eigenvalue weighted by Gasteiger charge is -2.38. The lowest BCUT2D eigenvalue weighted by molar-refractivity contribution is 0.215. The van der Waals surface area contributed by atoms with Crippen LogP contribution in [0.5, 0.6) is 0 Å². The van der Waals surface area contributed by atoms with Crippen molar-refractivity contribution in [3.63, 3.8) is 0 Å². The molecule has 2 atom stereocenters. The zero-order valence-corrected chi connectivity index (χ0v) is 15.3. The van der Waals surface area contributed by atoms with E-state index in [1.54, 1.807) is 0 Å². The Morgan fingerprint density at radius 3 is 1.91 bits per heavy atom. The van der Waals surface area contributed by atoms with E-state index in [0.717, 1.165) is 17.7 Å². The Hall–Kier alpha value is -0.920. The predicted molar refractivity (Wildman–Crippen MR) is 92.3 cm³/mol. The summed E-state index contributed by atoms with van der Waals surface area (Å²) in [5, 5.41) is 0. The minimum Gasteiger partial charge on any atom is -0.237 e. The topological polar surface area (TPSA) is 25.8 Å². The maximum atomic E-state index is 5.06. The highest BCUT2D eigenvalue weighted by Crippen LogP contribution is 2.42. The third kappa shape index (κ3) is 2.94. The molecule has 2 aliphatic carbocycles. The van der Waals surface area contributed by atoms with Crippen molar-refractivity contribution in [3.05, 3.63) is 22.8 Å². The van der Waals surface area contributed by atoms with Crippen LogP contribution in [0.1, 0.15) is 90.0 Å². The second kappa shape index (κ2) is 5.32. The maximum Gasteiger partial charge on any atom is 0.134 e. The zero-order chi connectivity index (χ0) is 16.1. The minimum atomic E-state index is 0.0262. The van der Waals surface area contributed by atoms with Gasteiger partial charge in [0.1, 0.15) is 5.82 Å². The molecular formula is C20H32N2. The number of hydrogen-bond acceptors (Lipinski definition) is 2. The van der Waals surface area contributed by atoms with E-state index in [4.69, 9.17) is 9.97 Å². The Labute approximate surface area is 136 Å². The molecule has 0 spiro atoms. The van der Waals surface area contributed by atoms with Gasteiger partial charge in [-0.2, -0.15) is 0 Å². The summed E-state index contributed by atoms with van der Waals surface area (Å²) < 4.78 is 0. The Balaban J connectivity index is 2.10. The van der Waals surface area contributed by atoms with E-state index in [9.17, 15) is 0 Å². The van der Waals surface area contributed by atoms with Gasteiger partial charge in [-0.1, -0.05) is 54.4 Å². The third-order valence-corrected chi connectivity index (χ3v) is 5.46. The first-order valence-electron chi connectivity index (χ1n) is 9.07. The van der Waals surface area contributed by atoms with Crippen LogP contribution < -0.4 is 0 Å². The van der Waals surface area contributed by atoms with Crippen LogP contribution in [0.2, 0.25) is 0 Å². The Bertz CT molecular complexity index is 560. The molecule has 2 unspecified atom stereocenters. The molecule has 0 radical (unpaired) electrons. The Kier molecular flexibility index (Phi) is 3.86. The van der Waals surface area contributed by atoms with Crippen LogP contribution in [0.15, 0.2) is 0 Å². The van der Waals surface area contributed by atoms with Crippen molar-refractivity contribution < 1.29 is 0 Å². The third-order valence-electron chi connectivity index (χ3n) is 5.46.